The maximum atomic E-state index is 12.7. The molecule has 3 fully saturated rings. The number of piperidine rings is 1. The van der Waals surface area contributed by atoms with Crippen LogP contribution in [0, 0.1) is 26.7 Å². The molecule has 3 heterocycles. The van der Waals surface area contributed by atoms with Crippen molar-refractivity contribution in [1.82, 2.24) is 19.6 Å². The molecule has 1 aromatic heterocycles. The van der Waals surface area contributed by atoms with E-state index < -0.39 is 5.60 Å². The summed E-state index contributed by atoms with van der Waals surface area (Å²) in [6.07, 6.45) is 9.28. The van der Waals surface area contributed by atoms with Crippen molar-refractivity contribution in [3.8, 4) is 5.75 Å². The molecule has 6 heteroatoms. The van der Waals surface area contributed by atoms with E-state index in [1.165, 1.54) is 24.0 Å². The zero-order chi connectivity index (χ0) is 24.1. The number of rotatable bonds is 6. The van der Waals surface area contributed by atoms with Gasteiger partial charge in [0.15, 0.2) is 0 Å². The van der Waals surface area contributed by atoms with Crippen molar-refractivity contribution in [2.24, 2.45) is 5.92 Å². The minimum atomic E-state index is -0.830. The minimum Gasteiger partial charge on any atom is -0.508 e. The Morgan fingerprint density at radius 1 is 1.00 bits per heavy atom. The molecule has 2 N–H and O–H groups in total. The Balaban J connectivity index is 1.46. The molecule has 0 spiro atoms. The molecule has 5 rings (SSSR count). The van der Waals surface area contributed by atoms with E-state index in [9.17, 15) is 10.2 Å². The van der Waals surface area contributed by atoms with E-state index in [2.05, 4.69) is 47.9 Å². The first-order valence-corrected chi connectivity index (χ1v) is 13.2. The highest BCUT2D eigenvalue weighted by Crippen LogP contribution is 2.53. The van der Waals surface area contributed by atoms with Gasteiger partial charge in [-0.1, -0.05) is 6.07 Å². The topological polar surface area (TPSA) is 64.8 Å². The van der Waals surface area contributed by atoms with Gasteiger partial charge < -0.3 is 15.1 Å². The second kappa shape index (κ2) is 8.96. The summed E-state index contributed by atoms with van der Waals surface area (Å²) in [6.45, 7) is 14.2. The third-order valence-corrected chi connectivity index (χ3v) is 9.21. The van der Waals surface area contributed by atoms with E-state index in [0.29, 0.717) is 5.75 Å². The van der Waals surface area contributed by atoms with Crippen LogP contribution in [0.4, 0.5) is 0 Å². The van der Waals surface area contributed by atoms with Crippen molar-refractivity contribution < 1.29 is 10.2 Å². The Labute approximate surface area is 204 Å². The Kier molecular flexibility index (Phi) is 6.28. The number of phenols is 1. The Bertz CT molecular complexity index is 1030. The third-order valence-electron chi connectivity index (χ3n) is 9.21. The molecule has 2 aromatic rings. The second-order valence-electron chi connectivity index (χ2n) is 11.4. The van der Waals surface area contributed by atoms with Gasteiger partial charge >= 0.3 is 0 Å². The lowest BCUT2D eigenvalue weighted by atomic mass is 9.57. The van der Waals surface area contributed by atoms with Crippen LogP contribution in [0.2, 0.25) is 0 Å². The summed E-state index contributed by atoms with van der Waals surface area (Å²) in [4.78, 5) is 5.07. The first kappa shape index (κ1) is 23.8. The summed E-state index contributed by atoms with van der Waals surface area (Å²) in [5.41, 5.74) is 3.26. The second-order valence-corrected chi connectivity index (χ2v) is 11.4. The number of fused-ring (bicyclic) bond motifs is 1. The highest BCUT2D eigenvalue weighted by atomic mass is 16.3. The van der Waals surface area contributed by atoms with Crippen molar-refractivity contribution in [3.63, 3.8) is 0 Å². The first-order chi connectivity index (χ1) is 16.2. The highest BCUT2D eigenvalue weighted by Gasteiger charge is 2.59. The average molecular weight is 467 g/mol. The average Bonchev–Trinajstić information content (AvgIpc) is 3.55. The summed E-state index contributed by atoms with van der Waals surface area (Å²) in [5, 5.41) is 27.8. The SMILES string of the molecule is Cc1cnn(CCN2CCC3(c4cc(O)c(C)cc4C)CCN(CC4CC4)C(C)C3(O)CC2)c1. The van der Waals surface area contributed by atoms with Gasteiger partial charge in [-0.2, -0.15) is 5.10 Å². The molecular weight excluding hydrogens is 424 g/mol. The molecule has 1 saturated carbocycles. The smallest absolute Gasteiger partial charge is 0.118 e. The maximum Gasteiger partial charge on any atom is 0.118 e. The quantitative estimate of drug-likeness (QED) is 0.678. The molecule has 3 unspecified atom stereocenters. The van der Waals surface area contributed by atoms with E-state index in [0.717, 1.165) is 75.6 Å². The lowest BCUT2D eigenvalue weighted by molar-refractivity contribution is -0.136. The lowest BCUT2D eigenvalue weighted by Crippen LogP contribution is -2.68. The number of hydrogen-bond acceptors (Lipinski definition) is 5. The lowest BCUT2D eigenvalue weighted by Gasteiger charge is -2.58. The van der Waals surface area contributed by atoms with Gasteiger partial charge in [-0.25, -0.2) is 0 Å². The van der Waals surface area contributed by atoms with E-state index >= 15 is 0 Å². The predicted molar refractivity (Wildman–Crippen MR) is 135 cm³/mol. The molecule has 3 atom stereocenters. The zero-order valence-corrected chi connectivity index (χ0v) is 21.4. The minimum absolute atomic E-state index is 0.0958. The van der Waals surface area contributed by atoms with Gasteiger partial charge in [0.2, 0.25) is 0 Å². The van der Waals surface area contributed by atoms with Crippen LogP contribution in [0.5, 0.6) is 5.75 Å². The van der Waals surface area contributed by atoms with Crippen molar-refractivity contribution >= 4 is 0 Å². The molecular formula is C28H42N4O2. The van der Waals surface area contributed by atoms with Crippen LogP contribution in [0.1, 0.15) is 61.3 Å². The van der Waals surface area contributed by atoms with Crippen LogP contribution in [-0.2, 0) is 12.0 Å². The molecule has 3 aliphatic rings. The number of aryl methyl sites for hydroxylation is 3. The number of aromatic hydroxyl groups is 1. The Morgan fingerprint density at radius 2 is 1.74 bits per heavy atom. The van der Waals surface area contributed by atoms with Crippen molar-refractivity contribution in [3.05, 3.63) is 46.8 Å². The van der Waals surface area contributed by atoms with Gasteiger partial charge in [0.25, 0.3) is 0 Å². The molecule has 0 radical (unpaired) electrons. The van der Waals surface area contributed by atoms with Crippen LogP contribution < -0.4 is 0 Å². The largest absolute Gasteiger partial charge is 0.508 e. The molecule has 34 heavy (non-hydrogen) atoms. The zero-order valence-electron chi connectivity index (χ0n) is 21.4. The monoisotopic (exact) mass is 466 g/mol. The molecule has 0 bridgehead atoms. The number of hydrogen-bond donors (Lipinski definition) is 2. The third kappa shape index (κ3) is 4.18. The number of nitrogens with zero attached hydrogens (tertiary/aromatic N) is 4. The summed E-state index contributed by atoms with van der Waals surface area (Å²) >= 11 is 0. The number of aliphatic hydroxyl groups is 1. The molecule has 0 amide bonds. The molecule has 186 valence electrons. The molecule has 1 aromatic carbocycles. The van der Waals surface area contributed by atoms with Gasteiger partial charge in [-0.05, 0) is 107 Å². The van der Waals surface area contributed by atoms with Crippen LogP contribution in [0.15, 0.2) is 24.5 Å². The molecule has 6 nitrogen and oxygen atoms in total. The molecule has 2 saturated heterocycles. The summed E-state index contributed by atoms with van der Waals surface area (Å²) < 4.78 is 2.03. The highest BCUT2D eigenvalue weighted by molar-refractivity contribution is 5.47. The maximum absolute atomic E-state index is 12.7. The van der Waals surface area contributed by atoms with Gasteiger partial charge in [0.05, 0.1) is 18.3 Å². The fraction of sp³-hybridized carbons (Fsp3) is 0.679. The number of phenolic OH excluding ortho intramolecular Hbond substituents is 1. The number of benzene rings is 1. The van der Waals surface area contributed by atoms with Crippen LogP contribution >= 0.6 is 0 Å². The first-order valence-electron chi connectivity index (χ1n) is 13.2. The van der Waals surface area contributed by atoms with Gasteiger partial charge in [-0.3, -0.25) is 9.58 Å². The van der Waals surface area contributed by atoms with E-state index in [4.69, 9.17) is 0 Å². The van der Waals surface area contributed by atoms with Crippen LogP contribution in [-0.4, -0.2) is 74.2 Å². The number of likely N-dealkylation sites (tertiary alicyclic amines) is 2. The van der Waals surface area contributed by atoms with Crippen LogP contribution in [0.25, 0.3) is 0 Å². The van der Waals surface area contributed by atoms with E-state index in [1.807, 2.05) is 23.9 Å². The Hall–Kier alpha value is -1.89. The predicted octanol–water partition coefficient (Wildman–Crippen LogP) is 3.78. The van der Waals surface area contributed by atoms with Crippen molar-refractivity contribution in [2.45, 2.75) is 83.4 Å². The van der Waals surface area contributed by atoms with Gasteiger partial charge in [0.1, 0.15) is 5.75 Å². The summed E-state index contributed by atoms with van der Waals surface area (Å²) in [6, 6.07) is 4.17. The van der Waals surface area contributed by atoms with Gasteiger partial charge in [-0.15, -0.1) is 0 Å². The van der Waals surface area contributed by atoms with Gasteiger partial charge in [0, 0.05) is 37.3 Å². The van der Waals surface area contributed by atoms with Crippen molar-refractivity contribution in [2.75, 3.05) is 32.7 Å². The number of aromatic nitrogens is 2. The summed E-state index contributed by atoms with van der Waals surface area (Å²) in [7, 11) is 0. The van der Waals surface area contributed by atoms with E-state index in [1.54, 1.807) is 0 Å². The standard InChI is InChI=1S/C28H42N4O2/c1-20-17-29-32(18-20)14-13-30-10-7-27(25-16-26(33)22(3)15-21(25)2)8-12-31(19-24-5-6-24)23(4)28(27,34)9-11-30/h15-18,23-24,33-34H,5-14,19H2,1-4H3. The fourth-order valence-corrected chi connectivity index (χ4v) is 6.82. The van der Waals surface area contributed by atoms with Crippen LogP contribution in [0.3, 0.4) is 0 Å². The Morgan fingerprint density at radius 3 is 2.44 bits per heavy atom. The molecule has 2 aliphatic heterocycles. The summed E-state index contributed by atoms with van der Waals surface area (Å²) in [5.74, 6) is 1.16. The van der Waals surface area contributed by atoms with E-state index in [-0.39, 0.29) is 11.5 Å². The molecule has 1 aliphatic carbocycles. The normalized spacial score (nSPS) is 30.8. The van der Waals surface area contributed by atoms with Crippen molar-refractivity contribution in [1.29, 1.82) is 0 Å². The fourth-order valence-electron chi connectivity index (χ4n) is 6.82.